The van der Waals surface area contributed by atoms with Crippen LogP contribution in [0.5, 0.6) is 17.2 Å². The number of nitrogens with zero attached hydrogens (tertiary/aromatic N) is 1. The van der Waals surface area contributed by atoms with Gasteiger partial charge < -0.3 is 24.8 Å². The molecule has 0 aliphatic rings. The van der Waals surface area contributed by atoms with Crippen LogP contribution < -0.4 is 24.8 Å². The molecule has 0 saturated heterocycles. The lowest BCUT2D eigenvalue weighted by Crippen LogP contribution is -2.14. The first-order valence-electron chi connectivity index (χ1n) is 9.12. The average molecular weight is 393 g/mol. The number of hydrogen-bond donors (Lipinski definition) is 2. The number of anilines is 3. The number of pyridine rings is 1. The summed E-state index contributed by atoms with van der Waals surface area (Å²) in [4.78, 5) is 16.8. The predicted molar refractivity (Wildman–Crippen MR) is 113 cm³/mol. The van der Waals surface area contributed by atoms with Crippen LogP contribution in [0.3, 0.4) is 0 Å². The standard InChI is InChI=1S/C22H23N3O4/c1-4-29-18-8-5-15(6-9-18)24-17-11-12-23-19(13-17)22(26)25-16-7-10-20(27-2)21(14-16)28-3/h5-14H,4H2,1-3H3,(H,23,24)(H,25,26). The summed E-state index contributed by atoms with van der Waals surface area (Å²) in [6, 6.07) is 16.2. The molecular weight excluding hydrogens is 370 g/mol. The molecular formula is C22H23N3O4. The van der Waals surface area contributed by atoms with Crippen molar-refractivity contribution in [2.45, 2.75) is 6.92 Å². The molecule has 0 unspecified atom stereocenters. The highest BCUT2D eigenvalue weighted by atomic mass is 16.5. The van der Waals surface area contributed by atoms with Crippen molar-refractivity contribution in [1.29, 1.82) is 0 Å². The number of ether oxygens (including phenoxy) is 3. The minimum absolute atomic E-state index is 0.288. The minimum atomic E-state index is -0.326. The SMILES string of the molecule is CCOc1ccc(Nc2ccnc(C(=O)Nc3ccc(OC)c(OC)c3)c2)cc1. The third-order valence-corrected chi connectivity index (χ3v) is 4.09. The molecule has 0 fully saturated rings. The van der Waals surface area contributed by atoms with Gasteiger partial charge in [-0.05, 0) is 55.5 Å². The summed E-state index contributed by atoms with van der Waals surface area (Å²) in [6.45, 7) is 2.56. The third kappa shape index (κ3) is 5.16. The van der Waals surface area contributed by atoms with Crippen LogP contribution in [0.2, 0.25) is 0 Å². The Morgan fingerprint density at radius 3 is 2.31 bits per heavy atom. The molecule has 29 heavy (non-hydrogen) atoms. The van der Waals surface area contributed by atoms with Crippen LogP contribution in [0.25, 0.3) is 0 Å². The van der Waals surface area contributed by atoms with Crippen LogP contribution in [0.1, 0.15) is 17.4 Å². The molecule has 7 nitrogen and oxygen atoms in total. The third-order valence-electron chi connectivity index (χ3n) is 4.09. The van der Waals surface area contributed by atoms with Crippen LogP contribution >= 0.6 is 0 Å². The number of methoxy groups -OCH3 is 2. The molecule has 0 bridgehead atoms. The van der Waals surface area contributed by atoms with Crippen LogP contribution in [0, 0.1) is 0 Å². The number of amides is 1. The zero-order valence-corrected chi connectivity index (χ0v) is 16.6. The first kappa shape index (κ1) is 20.0. The molecule has 1 aromatic heterocycles. The maximum atomic E-state index is 12.6. The van der Waals surface area contributed by atoms with Gasteiger partial charge in [0.25, 0.3) is 5.91 Å². The zero-order valence-electron chi connectivity index (χ0n) is 16.6. The monoisotopic (exact) mass is 393 g/mol. The van der Waals surface area contributed by atoms with Crippen molar-refractivity contribution in [3.05, 3.63) is 66.5 Å². The van der Waals surface area contributed by atoms with Gasteiger partial charge in [-0.1, -0.05) is 0 Å². The van der Waals surface area contributed by atoms with Gasteiger partial charge in [-0.25, -0.2) is 0 Å². The van der Waals surface area contributed by atoms with E-state index in [4.69, 9.17) is 14.2 Å². The molecule has 150 valence electrons. The van der Waals surface area contributed by atoms with Crippen molar-refractivity contribution in [3.63, 3.8) is 0 Å². The largest absolute Gasteiger partial charge is 0.494 e. The summed E-state index contributed by atoms with van der Waals surface area (Å²) in [5.41, 5.74) is 2.50. The van der Waals surface area contributed by atoms with Crippen molar-refractivity contribution in [2.24, 2.45) is 0 Å². The van der Waals surface area contributed by atoms with Gasteiger partial charge in [0.15, 0.2) is 11.5 Å². The summed E-state index contributed by atoms with van der Waals surface area (Å²) in [7, 11) is 3.10. The van der Waals surface area contributed by atoms with Gasteiger partial charge in [-0.2, -0.15) is 0 Å². The van der Waals surface area contributed by atoms with E-state index in [1.165, 1.54) is 0 Å². The number of benzene rings is 2. The number of rotatable bonds is 8. The van der Waals surface area contributed by atoms with Crippen LogP contribution in [0.4, 0.5) is 17.1 Å². The fourth-order valence-electron chi connectivity index (χ4n) is 2.71. The summed E-state index contributed by atoms with van der Waals surface area (Å²) in [6.07, 6.45) is 1.58. The first-order chi connectivity index (χ1) is 14.1. The Bertz CT molecular complexity index is 974. The summed E-state index contributed by atoms with van der Waals surface area (Å²) < 4.78 is 15.9. The van der Waals surface area contributed by atoms with E-state index in [2.05, 4.69) is 15.6 Å². The molecule has 2 aromatic carbocycles. The molecule has 0 aliphatic carbocycles. The number of carbonyl (C=O) groups excluding carboxylic acids is 1. The van der Waals surface area contributed by atoms with Crippen molar-refractivity contribution >= 4 is 23.0 Å². The second kappa shape index (κ2) is 9.45. The summed E-state index contributed by atoms with van der Waals surface area (Å²) >= 11 is 0. The van der Waals surface area contributed by atoms with Crippen molar-refractivity contribution < 1.29 is 19.0 Å². The topological polar surface area (TPSA) is 81.7 Å². The van der Waals surface area contributed by atoms with Gasteiger partial charge in [0.05, 0.1) is 20.8 Å². The fraction of sp³-hybridized carbons (Fsp3) is 0.182. The van der Waals surface area contributed by atoms with Gasteiger partial charge in [0, 0.05) is 29.3 Å². The van der Waals surface area contributed by atoms with Crippen molar-refractivity contribution in [2.75, 3.05) is 31.5 Å². The molecule has 1 heterocycles. The lowest BCUT2D eigenvalue weighted by atomic mass is 10.2. The van der Waals surface area contributed by atoms with E-state index in [1.807, 2.05) is 31.2 Å². The second-order valence-corrected chi connectivity index (χ2v) is 6.04. The predicted octanol–water partition coefficient (Wildman–Crippen LogP) is 4.49. The van der Waals surface area contributed by atoms with E-state index in [-0.39, 0.29) is 11.6 Å². The Balaban J connectivity index is 1.70. The number of nitrogens with one attached hydrogen (secondary N) is 2. The van der Waals surface area contributed by atoms with Gasteiger partial charge in [0.2, 0.25) is 0 Å². The van der Waals surface area contributed by atoms with Crippen LogP contribution in [-0.4, -0.2) is 31.7 Å². The lowest BCUT2D eigenvalue weighted by Gasteiger charge is -2.11. The zero-order chi connectivity index (χ0) is 20.6. The van der Waals surface area contributed by atoms with Crippen molar-refractivity contribution in [3.8, 4) is 17.2 Å². The summed E-state index contributed by atoms with van der Waals surface area (Å²) in [5, 5.41) is 6.07. The Kier molecular flexibility index (Phi) is 6.52. The quantitative estimate of drug-likeness (QED) is 0.587. The number of carbonyl (C=O) groups is 1. The molecule has 3 aromatic rings. The Morgan fingerprint density at radius 2 is 1.62 bits per heavy atom. The molecule has 2 N–H and O–H groups in total. The van der Waals surface area contributed by atoms with E-state index in [0.29, 0.717) is 23.8 Å². The molecule has 7 heteroatoms. The smallest absolute Gasteiger partial charge is 0.274 e. The molecule has 0 saturated carbocycles. The Morgan fingerprint density at radius 1 is 0.897 bits per heavy atom. The highest BCUT2D eigenvalue weighted by Crippen LogP contribution is 2.30. The maximum Gasteiger partial charge on any atom is 0.274 e. The van der Waals surface area contributed by atoms with Gasteiger partial charge in [-0.3, -0.25) is 9.78 Å². The molecule has 0 spiro atoms. The highest BCUT2D eigenvalue weighted by molar-refractivity contribution is 6.03. The number of hydrogen-bond acceptors (Lipinski definition) is 6. The molecule has 0 aliphatic heterocycles. The average Bonchev–Trinajstić information content (AvgIpc) is 2.75. The van der Waals surface area contributed by atoms with Crippen LogP contribution in [0.15, 0.2) is 60.8 Å². The highest BCUT2D eigenvalue weighted by Gasteiger charge is 2.11. The van der Waals surface area contributed by atoms with Crippen LogP contribution in [-0.2, 0) is 0 Å². The first-order valence-corrected chi connectivity index (χ1v) is 9.12. The normalized spacial score (nSPS) is 10.2. The fourth-order valence-corrected chi connectivity index (χ4v) is 2.71. The van der Waals surface area contributed by atoms with Gasteiger partial charge in [-0.15, -0.1) is 0 Å². The Hall–Kier alpha value is -3.74. The van der Waals surface area contributed by atoms with E-state index >= 15 is 0 Å². The van der Waals surface area contributed by atoms with E-state index in [9.17, 15) is 4.79 Å². The van der Waals surface area contributed by atoms with Gasteiger partial charge >= 0.3 is 0 Å². The second-order valence-electron chi connectivity index (χ2n) is 6.04. The van der Waals surface area contributed by atoms with Crippen molar-refractivity contribution in [1.82, 2.24) is 4.98 Å². The molecule has 0 radical (unpaired) electrons. The number of aromatic nitrogens is 1. The summed E-state index contributed by atoms with van der Waals surface area (Å²) in [5.74, 6) is 1.60. The maximum absolute atomic E-state index is 12.6. The van der Waals surface area contributed by atoms with E-state index in [0.717, 1.165) is 17.1 Å². The lowest BCUT2D eigenvalue weighted by molar-refractivity contribution is 0.102. The van der Waals surface area contributed by atoms with E-state index < -0.39 is 0 Å². The molecule has 1 amide bonds. The molecule has 0 atom stereocenters. The van der Waals surface area contributed by atoms with E-state index in [1.54, 1.807) is 50.7 Å². The van der Waals surface area contributed by atoms with Gasteiger partial charge in [0.1, 0.15) is 11.4 Å². The Labute approximate surface area is 169 Å². The minimum Gasteiger partial charge on any atom is -0.494 e. The molecule has 3 rings (SSSR count).